The zero-order valence-corrected chi connectivity index (χ0v) is 24.1. The van der Waals surface area contributed by atoms with E-state index in [1.807, 2.05) is 18.2 Å². The molecule has 1 saturated carbocycles. The molecule has 10 heteroatoms. The maximum absolute atomic E-state index is 13.5. The maximum Gasteiger partial charge on any atom is 0.319 e. The average molecular weight is 554 g/mol. The number of rotatable bonds is 7. The van der Waals surface area contributed by atoms with E-state index in [-0.39, 0.29) is 22.4 Å². The summed E-state index contributed by atoms with van der Waals surface area (Å²) in [6, 6.07) is 11.9. The van der Waals surface area contributed by atoms with Crippen molar-refractivity contribution in [1.82, 2.24) is 14.9 Å². The maximum atomic E-state index is 13.5. The minimum atomic E-state index is -3.82. The minimum absolute atomic E-state index is 0.149. The van der Waals surface area contributed by atoms with Crippen LogP contribution in [0.1, 0.15) is 58.7 Å². The van der Waals surface area contributed by atoms with Gasteiger partial charge in [-0.25, -0.2) is 18.2 Å². The first-order valence-corrected chi connectivity index (χ1v) is 15.2. The van der Waals surface area contributed by atoms with Gasteiger partial charge < -0.3 is 19.9 Å². The second kappa shape index (κ2) is 10.8. The summed E-state index contributed by atoms with van der Waals surface area (Å²) in [6.07, 6.45) is 5.18. The zero-order chi connectivity index (χ0) is 27.8. The molecule has 0 radical (unpaired) electrons. The molecule has 0 unspecified atom stereocenters. The molecule has 1 aliphatic carbocycles. The standard InChI is InChI=1S/C29H39N5O4S/c1-29(2,3)27-32-25-18-23(10-13-26(25)34(27)19-20-14-16-38-17-15-20)33(4)39(36,37)24-11-8-22(9-12-24)31-28(35)30-21-6-5-7-21/h8-13,18,20-21H,5-7,14-17,19H2,1-4H3,(H2,30,31,35). The molecule has 2 heterocycles. The van der Waals surface area contributed by atoms with Crippen molar-refractivity contribution in [2.75, 3.05) is 29.9 Å². The van der Waals surface area contributed by atoms with E-state index in [0.717, 1.165) is 68.7 Å². The molecule has 1 aliphatic heterocycles. The lowest BCUT2D eigenvalue weighted by Gasteiger charge is -2.26. The Morgan fingerprint density at radius 3 is 2.38 bits per heavy atom. The van der Waals surface area contributed by atoms with Gasteiger partial charge in [0.05, 0.1) is 21.6 Å². The lowest BCUT2D eigenvalue weighted by Crippen LogP contribution is -2.41. The summed E-state index contributed by atoms with van der Waals surface area (Å²) in [6.45, 7) is 8.92. The van der Waals surface area contributed by atoms with Crippen molar-refractivity contribution in [2.45, 2.75) is 75.8 Å². The smallest absolute Gasteiger partial charge is 0.319 e. The van der Waals surface area contributed by atoms with Gasteiger partial charge in [-0.05, 0) is 80.5 Å². The fourth-order valence-electron chi connectivity index (χ4n) is 5.17. The normalized spacial score (nSPS) is 17.1. The van der Waals surface area contributed by atoms with Gasteiger partial charge in [0.2, 0.25) is 0 Å². The summed E-state index contributed by atoms with van der Waals surface area (Å²) in [5.41, 5.74) is 2.72. The summed E-state index contributed by atoms with van der Waals surface area (Å²) in [4.78, 5) is 17.3. The summed E-state index contributed by atoms with van der Waals surface area (Å²) >= 11 is 0. The van der Waals surface area contributed by atoms with Crippen molar-refractivity contribution in [3.63, 3.8) is 0 Å². The SMILES string of the molecule is CN(c1ccc2c(c1)nc(C(C)(C)C)n2CC1CCOCC1)S(=O)(=O)c1ccc(NC(=O)NC2CCC2)cc1. The Balaban J connectivity index is 1.36. The van der Waals surface area contributed by atoms with Crippen LogP contribution in [0.5, 0.6) is 0 Å². The monoisotopic (exact) mass is 553 g/mol. The van der Waals surface area contributed by atoms with Crippen LogP contribution in [0.25, 0.3) is 11.0 Å². The van der Waals surface area contributed by atoms with Crippen LogP contribution in [-0.2, 0) is 26.7 Å². The number of amides is 2. The summed E-state index contributed by atoms with van der Waals surface area (Å²) in [5.74, 6) is 1.53. The van der Waals surface area contributed by atoms with Gasteiger partial charge in [0, 0.05) is 44.0 Å². The van der Waals surface area contributed by atoms with Crippen LogP contribution >= 0.6 is 0 Å². The second-order valence-corrected chi connectivity index (χ2v) is 13.7. The summed E-state index contributed by atoms with van der Waals surface area (Å²) < 4.78 is 36.1. The number of fused-ring (bicyclic) bond motifs is 1. The molecule has 2 aromatic carbocycles. The molecular weight excluding hydrogens is 514 g/mol. The van der Waals surface area contributed by atoms with Crippen LogP contribution in [0.15, 0.2) is 47.4 Å². The third-order valence-electron chi connectivity index (χ3n) is 7.76. The topological polar surface area (TPSA) is 106 Å². The molecule has 0 spiro atoms. The predicted octanol–water partition coefficient (Wildman–Crippen LogP) is 5.26. The molecule has 9 nitrogen and oxygen atoms in total. The van der Waals surface area contributed by atoms with Gasteiger partial charge in [0.15, 0.2) is 0 Å². The quantitative estimate of drug-likeness (QED) is 0.415. The van der Waals surface area contributed by atoms with Gasteiger partial charge >= 0.3 is 6.03 Å². The van der Waals surface area contributed by atoms with Crippen LogP contribution in [-0.4, -0.2) is 50.3 Å². The largest absolute Gasteiger partial charge is 0.381 e. The van der Waals surface area contributed by atoms with Crippen molar-refractivity contribution in [2.24, 2.45) is 5.92 Å². The fourth-order valence-corrected chi connectivity index (χ4v) is 6.36. The lowest BCUT2D eigenvalue weighted by molar-refractivity contribution is 0.0611. The fraction of sp³-hybridized carbons (Fsp3) is 0.517. The van der Waals surface area contributed by atoms with Crippen molar-refractivity contribution in [1.29, 1.82) is 0 Å². The first-order chi connectivity index (χ1) is 18.5. The van der Waals surface area contributed by atoms with Crippen molar-refractivity contribution in [3.05, 3.63) is 48.3 Å². The minimum Gasteiger partial charge on any atom is -0.381 e. The molecule has 0 atom stereocenters. The number of nitrogens with zero attached hydrogens (tertiary/aromatic N) is 3. The van der Waals surface area contributed by atoms with E-state index in [4.69, 9.17) is 9.72 Å². The van der Waals surface area contributed by atoms with E-state index in [9.17, 15) is 13.2 Å². The van der Waals surface area contributed by atoms with E-state index in [0.29, 0.717) is 17.3 Å². The summed E-state index contributed by atoms with van der Waals surface area (Å²) in [5, 5.41) is 5.69. The van der Waals surface area contributed by atoms with Crippen LogP contribution < -0.4 is 14.9 Å². The molecule has 2 amide bonds. The van der Waals surface area contributed by atoms with E-state index in [1.54, 1.807) is 19.2 Å². The zero-order valence-electron chi connectivity index (χ0n) is 23.2. The van der Waals surface area contributed by atoms with Crippen molar-refractivity contribution in [3.8, 4) is 0 Å². The molecule has 1 saturated heterocycles. The first-order valence-electron chi connectivity index (χ1n) is 13.8. The average Bonchev–Trinajstić information content (AvgIpc) is 3.25. The van der Waals surface area contributed by atoms with Gasteiger partial charge in [0.1, 0.15) is 5.82 Å². The molecule has 2 fully saturated rings. The number of anilines is 2. The van der Waals surface area contributed by atoms with Gasteiger partial charge in [0.25, 0.3) is 10.0 Å². The number of hydrogen-bond donors (Lipinski definition) is 2. The Bertz CT molecular complexity index is 1430. The Morgan fingerprint density at radius 2 is 1.77 bits per heavy atom. The first kappa shape index (κ1) is 27.5. The number of ether oxygens (including phenoxy) is 1. The molecule has 2 aliphatic rings. The number of imidazole rings is 1. The van der Waals surface area contributed by atoms with Gasteiger partial charge in [-0.15, -0.1) is 0 Å². The van der Waals surface area contributed by atoms with Crippen molar-refractivity contribution < 1.29 is 17.9 Å². The lowest BCUT2D eigenvalue weighted by atomic mass is 9.93. The third kappa shape index (κ3) is 5.91. The Labute approximate surface area is 231 Å². The Morgan fingerprint density at radius 1 is 1.08 bits per heavy atom. The van der Waals surface area contributed by atoms with E-state index >= 15 is 0 Å². The highest BCUT2D eigenvalue weighted by atomic mass is 32.2. The number of aromatic nitrogens is 2. The number of sulfonamides is 1. The van der Waals surface area contributed by atoms with Gasteiger partial charge in [-0.3, -0.25) is 4.31 Å². The third-order valence-corrected chi connectivity index (χ3v) is 9.56. The molecule has 39 heavy (non-hydrogen) atoms. The van der Waals surface area contributed by atoms with Crippen molar-refractivity contribution >= 4 is 38.5 Å². The van der Waals surface area contributed by atoms with Gasteiger partial charge in [-0.1, -0.05) is 20.8 Å². The van der Waals surface area contributed by atoms with E-state index in [1.165, 1.54) is 16.4 Å². The van der Waals surface area contributed by atoms with Crippen LogP contribution in [0.3, 0.4) is 0 Å². The molecule has 3 aromatic rings. The second-order valence-electron chi connectivity index (χ2n) is 11.7. The number of nitrogens with one attached hydrogen (secondary N) is 2. The predicted molar refractivity (Wildman–Crippen MR) is 154 cm³/mol. The van der Waals surface area contributed by atoms with E-state index < -0.39 is 10.0 Å². The molecular formula is C29H39N5O4S. The molecule has 210 valence electrons. The number of benzene rings is 2. The van der Waals surface area contributed by atoms with Crippen LogP contribution in [0.4, 0.5) is 16.2 Å². The van der Waals surface area contributed by atoms with E-state index in [2.05, 4.69) is 36.0 Å². The van der Waals surface area contributed by atoms with Gasteiger partial charge in [-0.2, -0.15) is 0 Å². The summed E-state index contributed by atoms with van der Waals surface area (Å²) in [7, 11) is -2.26. The number of hydrogen-bond acceptors (Lipinski definition) is 5. The number of urea groups is 1. The highest BCUT2D eigenvalue weighted by Gasteiger charge is 2.27. The molecule has 1 aromatic heterocycles. The van der Waals surface area contributed by atoms with Crippen LogP contribution in [0.2, 0.25) is 0 Å². The highest BCUT2D eigenvalue weighted by Crippen LogP contribution is 2.32. The Hall–Kier alpha value is -3.11. The number of carbonyl (C=O) groups is 1. The highest BCUT2D eigenvalue weighted by molar-refractivity contribution is 7.92. The van der Waals surface area contributed by atoms with Crippen LogP contribution in [0, 0.1) is 5.92 Å². The Kier molecular flexibility index (Phi) is 7.61. The molecule has 5 rings (SSSR count). The number of carbonyl (C=O) groups excluding carboxylic acids is 1. The molecule has 0 bridgehead atoms. The molecule has 2 N–H and O–H groups in total.